The fraction of sp³-hybridized carbons (Fsp3) is 0.0417. The normalized spacial score (nSPS) is 11.2. The first-order chi connectivity index (χ1) is 17.9. The van der Waals surface area contributed by atoms with E-state index in [0.717, 1.165) is 24.3 Å². The minimum Gasteiger partial charge on any atom is -0.493 e. The van der Waals surface area contributed by atoms with Crippen LogP contribution in [0.2, 0.25) is 0 Å². The second-order valence-electron chi connectivity index (χ2n) is 7.33. The Morgan fingerprint density at radius 3 is 2.29 bits per heavy atom. The molecule has 0 bridgehead atoms. The number of carboxylic acids is 1. The van der Waals surface area contributed by atoms with E-state index < -0.39 is 26.9 Å². The Labute approximate surface area is 229 Å². The molecule has 0 atom stereocenters. The molecule has 0 aliphatic heterocycles. The summed E-state index contributed by atoms with van der Waals surface area (Å²) >= 11 is 1.79. The predicted octanol–water partition coefficient (Wildman–Crippen LogP) is 4.22. The zero-order valence-electron chi connectivity index (χ0n) is 19.2. The Bertz CT molecular complexity index is 1590. The number of nitro groups is 1. The number of halogens is 1. The largest absolute Gasteiger partial charge is 0.493 e. The molecular weight excluding hydrogens is 633 g/mol. The summed E-state index contributed by atoms with van der Waals surface area (Å²) in [6.07, 6.45) is 1.25. The monoisotopic (exact) mass is 649 g/mol. The van der Waals surface area contributed by atoms with Crippen molar-refractivity contribution >= 4 is 62.0 Å². The van der Waals surface area contributed by atoms with Crippen molar-refractivity contribution in [2.45, 2.75) is 4.90 Å². The Hall–Kier alpha value is -4.49. The fourth-order valence-electron chi connectivity index (χ4n) is 3.01. The zero-order valence-corrected chi connectivity index (χ0v) is 22.2. The van der Waals surface area contributed by atoms with Gasteiger partial charge in [-0.3, -0.25) is 14.9 Å². The molecule has 0 heterocycles. The number of methoxy groups -OCH3 is 1. The van der Waals surface area contributed by atoms with Crippen molar-refractivity contribution in [3.05, 3.63) is 91.0 Å². The molecule has 3 aromatic carbocycles. The Morgan fingerprint density at radius 1 is 1.13 bits per heavy atom. The van der Waals surface area contributed by atoms with Crippen molar-refractivity contribution in [3.63, 3.8) is 0 Å². The summed E-state index contributed by atoms with van der Waals surface area (Å²) in [4.78, 5) is 33.4. The first-order valence-electron chi connectivity index (χ1n) is 10.3. The second kappa shape index (κ2) is 11.7. The molecule has 0 fully saturated rings. The number of nitrogens with one attached hydrogen (secondary N) is 1. The quantitative estimate of drug-likeness (QED) is 0.0849. The lowest BCUT2D eigenvalue weighted by atomic mass is 10.1. The van der Waals surface area contributed by atoms with Crippen molar-refractivity contribution in [1.82, 2.24) is 0 Å². The van der Waals surface area contributed by atoms with E-state index in [2.05, 4.69) is 5.32 Å². The molecule has 12 nitrogen and oxygen atoms in total. The summed E-state index contributed by atoms with van der Waals surface area (Å²) in [5.74, 6) is -2.07. The average molecular weight is 649 g/mol. The number of aromatic carboxylic acids is 1. The van der Waals surface area contributed by atoms with Crippen LogP contribution in [0.25, 0.3) is 6.08 Å². The summed E-state index contributed by atoms with van der Waals surface area (Å²) in [6, 6.07) is 14.1. The van der Waals surface area contributed by atoms with Crippen LogP contribution in [-0.4, -0.2) is 37.4 Å². The van der Waals surface area contributed by atoms with E-state index in [-0.39, 0.29) is 42.5 Å². The van der Waals surface area contributed by atoms with Gasteiger partial charge in [-0.15, -0.1) is 0 Å². The maximum absolute atomic E-state index is 12.7. The van der Waals surface area contributed by atoms with Gasteiger partial charge in [0.1, 0.15) is 16.5 Å². The van der Waals surface area contributed by atoms with Gasteiger partial charge in [0.05, 0.1) is 21.2 Å². The molecule has 0 saturated carbocycles. The molecule has 0 radical (unpaired) electrons. The summed E-state index contributed by atoms with van der Waals surface area (Å²) < 4.78 is 36.2. The molecule has 0 unspecified atom stereocenters. The number of carboxylic acid groups (broad SMARTS) is 1. The molecule has 3 aromatic rings. The molecule has 3 rings (SSSR count). The third-order valence-corrected chi connectivity index (χ3v) is 6.88. The maximum Gasteiger partial charge on any atom is 0.339 e. The van der Waals surface area contributed by atoms with Crippen molar-refractivity contribution in [2.75, 3.05) is 12.4 Å². The van der Waals surface area contributed by atoms with Gasteiger partial charge in [-0.05, 0) is 82.8 Å². The van der Waals surface area contributed by atoms with E-state index in [9.17, 15) is 33.4 Å². The number of nitriles is 1. The minimum absolute atomic E-state index is 0.0180. The molecule has 14 heteroatoms. The van der Waals surface area contributed by atoms with Crippen LogP contribution in [0.5, 0.6) is 11.5 Å². The highest BCUT2D eigenvalue weighted by Gasteiger charge is 2.23. The molecule has 0 aromatic heterocycles. The Morgan fingerprint density at radius 2 is 1.76 bits per heavy atom. The topological polar surface area (TPSA) is 186 Å². The molecule has 38 heavy (non-hydrogen) atoms. The van der Waals surface area contributed by atoms with Gasteiger partial charge in [0.25, 0.3) is 11.6 Å². The molecule has 2 N–H and O–H groups in total. The Balaban J connectivity index is 1.87. The van der Waals surface area contributed by atoms with Gasteiger partial charge in [-0.2, -0.15) is 13.7 Å². The lowest BCUT2D eigenvalue weighted by Crippen LogP contribution is -2.13. The number of benzene rings is 3. The van der Waals surface area contributed by atoms with E-state index in [1.807, 2.05) is 0 Å². The van der Waals surface area contributed by atoms with Gasteiger partial charge in [-0.1, -0.05) is 0 Å². The number of anilines is 1. The highest BCUT2D eigenvalue weighted by Crippen LogP contribution is 2.36. The van der Waals surface area contributed by atoms with Crippen molar-refractivity contribution in [2.24, 2.45) is 0 Å². The molecule has 0 aliphatic carbocycles. The van der Waals surface area contributed by atoms with Gasteiger partial charge in [0, 0.05) is 17.8 Å². The number of ether oxygens (including phenoxy) is 1. The van der Waals surface area contributed by atoms with Crippen LogP contribution in [0.3, 0.4) is 0 Å². The van der Waals surface area contributed by atoms with Gasteiger partial charge in [0.15, 0.2) is 11.5 Å². The van der Waals surface area contributed by atoms with Crippen LogP contribution in [0.15, 0.2) is 71.1 Å². The SMILES string of the molecule is COc1cc(/C=C(\C#N)C(=O)Nc2ccc(C(=O)O)cc2)cc(I)c1OS(=O)(=O)c1ccc([N+](=O)[O-])cc1. The molecule has 0 aliphatic rings. The van der Waals surface area contributed by atoms with E-state index in [1.54, 1.807) is 28.7 Å². The summed E-state index contributed by atoms with van der Waals surface area (Å²) in [6.45, 7) is 0. The summed E-state index contributed by atoms with van der Waals surface area (Å²) in [5, 5.41) is 31.8. The number of nitrogens with zero attached hydrogens (tertiary/aromatic N) is 2. The third kappa shape index (κ3) is 6.63. The van der Waals surface area contributed by atoms with Crippen LogP contribution in [0, 0.1) is 25.0 Å². The number of carbonyl (C=O) groups is 2. The van der Waals surface area contributed by atoms with Crippen LogP contribution in [-0.2, 0) is 14.9 Å². The summed E-state index contributed by atoms with van der Waals surface area (Å²) in [5.41, 5.74) is 0.0329. The van der Waals surface area contributed by atoms with Crippen molar-refractivity contribution < 1.29 is 37.0 Å². The van der Waals surface area contributed by atoms with Crippen LogP contribution in [0.1, 0.15) is 15.9 Å². The lowest BCUT2D eigenvalue weighted by molar-refractivity contribution is -0.384. The summed E-state index contributed by atoms with van der Waals surface area (Å²) in [7, 11) is -3.12. The minimum atomic E-state index is -4.38. The molecule has 0 spiro atoms. The standard InChI is InChI=1S/C24H16IN3O9S/c1-36-21-12-14(10-16(13-26)23(29)27-17-4-2-15(3-5-17)24(30)31)11-20(25)22(21)37-38(34,35)19-8-6-18(7-9-19)28(32)33/h2-12H,1H3,(H,27,29)(H,30,31)/b16-10+. The number of non-ortho nitro benzene ring substituents is 1. The number of rotatable bonds is 9. The smallest absolute Gasteiger partial charge is 0.339 e. The van der Waals surface area contributed by atoms with Gasteiger partial charge in [0.2, 0.25) is 0 Å². The van der Waals surface area contributed by atoms with Crippen LogP contribution < -0.4 is 14.2 Å². The van der Waals surface area contributed by atoms with E-state index in [1.165, 1.54) is 49.6 Å². The highest BCUT2D eigenvalue weighted by atomic mass is 127. The van der Waals surface area contributed by atoms with E-state index in [4.69, 9.17) is 14.0 Å². The van der Waals surface area contributed by atoms with Gasteiger partial charge in [-0.25, -0.2) is 4.79 Å². The van der Waals surface area contributed by atoms with Gasteiger partial charge < -0.3 is 19.3 Å². The second-order valence-corrected chi connectivity index (χ2v) is 10.0. The van der Waals surface area contributed by atoms with Crippen LogP contribution in [0.4, 0.5) is 11.4 Å². The van der Waals surface area contributed by atoms with E-state index >= 15 is 0 Å². The lowest BCUT2D eigenvalue weighted by Gasteiger charge is -2.13. The molecule has 0 saturated heterocycles. The number of hydrogen-bond acceptors (Lipinski definition) is 9. The number of amides is 1. The van der Waals surface area contributed by atoms with Crippen LogP contribution >= 0.6 is 22.6 Å². The fourth-order valence-corrected chi connectivity index (χ4v) is 4.85. The zero-order chi connectivity index (χ0) is 28.0. The number of carbonyl (C=O) groups excluding carboxylic acids is 1. The number of hydrogen-bond donors (Lipinski definition) is 2. The van der Waals surface area contributed by atoms with E-state index in [0.29, 0.717) is 5.56 Å². The maximum atomic E-state index is 12.7. The molecule has 194 valence electrons. The molecular formula is C24H16IN3O9S. The predicted molar refractivity (Wildman–Crippen MR) is 142 cm³/mol. The first-order valence-corrected chi connectivity index (χ1v) is 12.8. The van der Waals surface area contributed by atoms with Gasteiger partial charge >= 0.3 is 16.1 Å². The average Bonchev–Trinajstić information content (AvgIpc) is 2.88. The molecule has 1 amide bonds. The highest BCUT2D eigenvalue weighted by molar-refractivity contribution is 14.1. The first kappa shape index (κ1) is 28.1. The third-order valence-electron chi connectivity index (χ3n) is 4.85. The van der Waals surface area contributed by atoms with Crippen molar-refractivity contribution in [3.8, 4) is 17.6 Å². The van der Waals surface area contributed by atoms with Crippen molar-refractivity contribution in [1.29, 1.82) is 5.26 Å². The Kier molecular flexibility index (Phi) is 8.65. The number of nitro benzene ring substituents is 1.